The number of carbonyl (C=O) groups is 1. The average molecular weight is 343 g/mol. The first-order chi connectivity index (χ1) is 9.24. The maximum atomic E-state index is 11.6. The highest BCUT2D eigenvalue weighted by atomic mass is 79.9. The van der Waals surface area contributed by atoms with Gasteiger partial charge in [-0.2, -0.15) is 0 Å². The lowest BCUT2D eigenvalue weighted by atomic mass is 10.1. The molecule has 1 aromatic rings. The number of hydrogen-bond donors (Lipinski definition) is 2. The highest BCUT2D eigenvalue weighted by molar-refractivity contribution is 9.10. The molecule has 0 aliphatic rings. The van der Waals surface area contributed by atoms with Crippen molar-refractivity contribution in [2.24, 2.45) is 0 Å². The van der Waals surface area contributed by atoms with Crippen molar-refractivity contribution >= 4 is 21.8 Å². The molecule has 5 heteroatoms. The number of nitrogens with one attached hydrogen (secondary N) is 2. The van der Waals surface area contributed by atoms with E-state index < -0.39 is 6.10 Å². The summed E-state index contributed by atoms with van der Waals surface area (Å²) in [6, 6.07) is 5.86. The predicted octanol–water partition coefficient (Wildman–Crippen LogP) is 2.85. The molecule has 112 valence electrons. The highest BCUT2D eigenvalue weighted by Crippen LogP contribution is 2.30. The van der Waals surface area contributed by atoms with Gasteiger partial charge in [0.15, 0.2) is 6.10 Å². The molecule has 0 saturated heterocycles. The van der Waals surface area contributed by atoms with E-state index in [1.165, 1.54) is 0 Å². The van der Waals surface area contributed by atoms with Gasteiger partial charge in [-0.15, -0.1) is 0 Å². The maximum absolute atomic E-state index is 11.6. The first-order valence-electron chi connectivity index (χ1n) is 6.65. The van der Waals surface area contributed by atoms with Gasteiger partial charge in [0.2, 0.25) is 0 Å². The number of benzene rings is 1. The minimum atomic E-state index is -0.535. The Morgan fingerprint density at radius 1 is 1.40 bits per heavy atom. The second-order valence-corrected chi connectivity index (χ2v) is 6.56. The first-order valence-corrected chi connectivity index (χ1v) is 7.44. The highest BCUT2D eigenvalue weighted by Gasteiger charge is 2.18. The molecule has 0 saturated carbocycles. The summed E-state index contributed by atoms with van der Waals surface area (Å²) in [6.07, 6.45) is -0.535. The molecular formula is C15H23BrN2O2. The van der Waals surface area contributed by atoms with Crippen LogP contribution in [-0.4, -0.2) is 24.6 Å². The molecule has 0 aliphatic carbocycles. The van der Waals surface area contributed by atoms with Crippen LogP contribution in [0.3, 0.4) is 0 Å². The Balaban J connectivity index is 2.91. The van der Waals surface area contributed by atoms with Gasteiger partial charge in [-0.1, -0.05) is 12.1 Å². The summed E-state index contributed by atoms with van der Waals surface area (Å²) in [6.45, 7) is 8.74. The Morgan fingerprint density at radius 2 is 2.05 bits per heavy atom. The second kappa shape index (κ2) is 7.09. The smallest absolute Gasteiger partial charge is 0.260 e. The summed E-state index contributed by atoms with van der Waals surface area (Å²) < 4.78 is 6.64. The van der Waals surface area contributed by atoms with Crippen molar-refractivity contribution in [1.29, 1.82) is 0 Å². The van der Waals surface area contributed by atoms with E-state index in [0.29, 0.717) is 12.3 Å². The molecule has 0 fully saturated rings. The molecule has 1 atom stereocenters. The van der Waals surface area contributed by atoms with Crippen molar-refractivity contribution < 1.29 is 9.53 Å². The fourth-order valence-corrected chi connectivity index (χ4v) is 2.12. The number of rotatable bonds is 5. The number of carbonyl (C=O) groups excluding carboxylic acids is 1. The van der Waals surface area contributed by atoms with E-state index in [-0.39, 0.29) is 11.4 Å². The van der Waals surface area contributed by atoms with Gasteiger partial charge in [0.25, 0.3) is 5.91 Å². The van der Waals surface area contributed by atoms with Crippen molar-refractivity contribution in [2.75, 3.05) is 7.05 Å². The number of likely N-dealkylation sites (N-methyl/N-ethyl adjacent to an activating group) is 1. The van der Waals surface area contributed by atoms with E-state index in [2.05, 4.69) is 47.3 Å². The summed E-state index contributed by atoms with van der Waals surface area (Å²) in [7, 11) is 1.60. The molecule has 1 aromatic carbocycles. The van der Waals surface area contributed by atoms with Crippen LogP contribution in [0.1, 0.15) is 33.3 Å². The van der Waals surface area contributed by atoms with Crippen LogP contribution in [0.15, 0.2) is 22.7 Å². The van der Waals surface area contributed by atoms with Crippen LogP contribution in [0.25, 0.3) is 0 Å². The van der Waals surface area contributed by atoms with E-state index in [9.17, 15) is 4.79 Å². The Bertz CT molecular complexity index is 469. The van der Waals surface area contributed by atoms with Gasteiger partial charge >= 0.3 is 0 Å². The third-order valence-electron chi connectivity index (χ3n) is 2.77. The number of amides is 1. The van der Waals surface area contributed by atoms with Crippen LogP contribution in [0, 0.1) is 0 Å². The second-order valence-electron chi connectivity index (χ2n) is 5.71. The van der Waals surface area contributed by atoms with Crippen molar-refractivity contribution in [1.82, 2.24) is 10.6 Å². The molecule has 0 aromatic heterocycles. The van der Waals surface area contributed by atoms with Crippen LogP contribution in [0.2, 0.25) is 0 Å². The molecule has 0 radical (unpaired) electrons. The molecule has 0 aliphatic heterocycles. The Labute approximate surface area is 129 Å². The summed E-state index contributed by atoms with van der Waals surface area (Å²) in [5.41, 5.74) is 1.04. The van der Waals surface area contributed by atoms with E-state index in [1.54, 1.807) is 14.0 Å². The summed E-state index contributed by atoms with van der Waals surface area (Å²) >= 11 is 3.48. The summed E-state index contributed by atoms with van der Waals surface area (Å²) in [5, 5.41) is 6.01. The zero-order valence-electron chi connectivity index (χ0n) is 12.7. The molecule has 0 heterocycles. The largest absolute Gasteiger partial charge is 0.479 e. The van der Waals surface area contributed by atoms with Gasteiger partial charge in [-0.25, -0.2) is 0 Å². The van der Waals surface area contributed by atoms with Gasteiger partial charge in [-0.3, -0.25) is 4.79 Å². The quantitative estimate of drug-likeness (QED) is 0.864. The van der Waals surface area contributed by atoms with Crippen LogP contribution in [0.5, 0.6) is 5.75 Å². The number of hydrogen-bond acceptors (Lipinski definition) is 3. The third-order valence-corrected chi connectivity index (χ3v) is 3.39. The summed E-state index contributed by atoms with van der Waals surface area (Å²) in [4.78, 5) is 11.6. The lowest BCUT2D eigenvalue weighted by molar-refractivity contribution is -0.126. The molecule has 0 bridgehead atoms. The van der Waals surface area contributed by atoms with Gasteiger partial charge < -0.3 is 15.4 Å². The predicted molar refractivity (Wildman–Crippen MR) is 84.9 cm³/mol. The summed E-state index contributed by atoms with van der Waals surface area (Å²) in [5.74, 6) is 0.566. The minimum absolute atomic E-state index is 0.0198. The SMILES string of the molecule is CNC(=O)C(C)Oc1c(Br)cccc1CNC(C)(C)C. The van der Waals surface area contributed by atoms with Crippen molar-refractivity contribution in [2.45, 2.75) is 45.9 Å². The Kier molecular flexibility index (Phi) is 6.02. The normalized spacial score (nSPS) is 12.9. The van der Waals surface area contributed by atoms with E-state index in [4.69, 9.17) is 4.74 Å². The Hall–Kier alpha value is -1.07. The number of para-hydroxylation sites is 1. The molecule has 0 spiro atoms. The number of halogens is 1. The van der Waals surface area contributed by atoms with Gasteiger partial charge in [0.05, 0.1) is 4.47 Å². The zero-order valence-corrected chi connectivity index (χ0v) is 14.3. The van der Waals surface area contributed by atoms with Gasteiger partial charge in [0, 0.05) is 24.7 Å². The third kappa shape index (κ3) is 5.13. The molecule has 1 amide bonds. The fraction of sp³-hybridized carbons (Fsp3) is 0.533. The van der Waals surface area contributed by atoms with E-state index >= 15 is 0 Å². The number of ether oxygens (including phenoxy) is 1. The van der Waals surface area contributed by atoms with E-state index in [0.717, 1.165) is 10.0 Å². The monoisotopic (exact) mass is 342 g/mol. The van der Waals surface area contributed by atoms with Crippen LogP contribution >= 0.6 is 15.9 Å². The zero-order chi connectivity index (χ0) is 15.3. The lowest BCUT2D eigenvalue weighted by Crippen LogP contribution is -2.36. The molecular weight excluding hydrogens is 320 g/mol. The molecule has 1 rings (SSSR count). The van der Waals surface area contributed by atoms with Crippen molar-refractivity contribution in [3.8, 4) is 5.75 Å². The van der Waals surface area contributed by atoms with Crippen molar-refractivity contribution in [3.05, 3.63) is 28.2 Å². The first kappa shape index (κ1) is 17.0. The standard InChI is InChI=1S/C15H23BrN2O2/c1-10(14(19)17-5)20-13-11(7-6-8-12(13)16)9-18-15(2,3)4/h6-8,10,18H,9H2,1-5H3,(H,17,19). The molecule has 4 nitrogen and oxygen atoms in total. The molecule has 2 N–H and O–H groups in total. The molecule has 1 unspecified atom stereocenters. The average Bonchev–Trinajstić information content (AvgIpc) is 2.37. The Morgan fingerprint density at radius 3 is 2.60 bits per heavy atom. The van der Waals surface area contributed by atoms with Gasteiger partial charge in [0.1, 0.15) is 5.75 Å². The van der Waals surface area contributed by atoms with Gasteiger partial charge in [-0.05, 0) is 49.7 Å². The minimum Gasteiger partial charge on any atom is -0.479 e. The molecule has 20 heavy (non-hydrogen) atoms. The van der Waals surface area contributed by atoms with Crippen LogP contribution in [0.4, 0.5) is 0 Å². The topological polar surface area (TPSA) is 50.4 Å². The van der Waals surface area contributed by atoms with Crippen LogP contribution in [-0.2, 0) is 11.3 Å². The van der Waals surface area contributed by atoms with E-state index in [1.807, 2.05) is 18.2 Å². The fourth-order valence-electron chi connectivity index (χ4n) is 1.62. The van der Waals surface area contributed by atoms with Crippen molar-refractivity contribution in [3.63, 3.8) is 0 Å². The van der Waals surface area contributed by atoms with Crippen LogP contribution < -0.4 is 15.4 Å². The maximum Gasteiger partial charge on any atom is 0.260 e. The lowest BCUT2D eigenvalue weighted by Gasteiger charge is -2.23.